The molecule has 2 rings (SSSR count). The van der Waals surface area contributed by atoms with Gasteiger partial charge in [0.05, 0.1) is 0 Å². The van der Waals surface area contributed by atoms with Gasteiger partial charge < -0.3 is 18.3 Å². The van der Waals surface area contributed by atoms with E-state index in [2.05, 4.69) is 5.32 Å². The molecule has 1 amide bonds. The van der Waals surface area contributed by atoms with Crippen LogP contribution in [0, 0.1) is 0 Å². The Bertz CT molecular complexity index is 436. The molecule has 1 aromatic rings. The second kappa shape index (κ2) is 5.88. The summed E-state index contributed by atoms with van der Waals surface area (Å²) in [5.74, 6) is -0.284. The first-order valence-electron chi connectivity index (χ1n) is 5.09. The Balaban J connectivity index is 0.00000144. The Morgan fingerprint density at radius 3 is 2.59 bits per heavy atom. The third-order valence-electron chi connectivity index (χ3n) is 2.66. The maximum Gasteiger partial charge on any atom is 1.00 e. The summed E-state index contributed by atoms with van der Waals surface area (Å²) in [6.07, 6.45) is 1.18. The minimum atomic E-state index is -4.99. The van der Waals surface area contributed by atoms with Gasteiger partial charge in [0.2, 0.25) is 0 Å². The van der Waals surface area contributed by atoms with Crippen LogP contribution < -0.4 is 62.2 Å². The summed E-state index contributed by atoms with van der Waals surface area (Å²) in [4.78, 5) is 11.5. The number of nitrogens with one attached hydrogen (secondary N) is 1. The molecule has 1 aliphatic rings. The molecule has 1 aromatic carbocycles. The van der Waals surface area contributed by atoms with Crippen molar-refractivity contribution in [2.45, 2.75) is 12.8 Å². The molecule has 1 aliphatic heterocycles. The fourth-order valence-electron chi connectivity index (χ4n) is 1.82. The van der Waals surface area contributed by atoms with Crippen molar-refractivity contribution in [1.82, 2.24) is 5.32 Å². The third-order valence-corrected chi connectivity index (χ3v) is 2.66. The minimum absolute atomic E-state index is 0. The van der Waals surface area contributed by atoms with E-state index in [9.17, 15) is 17.7 Å². The summed E-state index contributed by atoms with van der Waals surface area (Å²) in [6, 6.07) is 3.34. The van der Waals surface area contributed by atoms with Crippen molar-refractivity contribution < 1.29 is 69.1 Å². The number of benzene rings is 1. The predicted octanol–water partition coefficient (Wildman–Crippen LogP) is -1.58. The van der Waals surface area contributed by atoms with Gasteiger partial charge in [0.15, 0.2) is 0 Å². The fraction of sp³-hybridized carbons (Fsp3) is 0.300. The van der Waals surface area contributed by atoms with Gasteiger partial charge in [-0.1, -0.05) is 18.2 Å². The zero-order valence-corrected chi connectivity index (χ0v) is 12.6. The molecule has 0 aliphatic carbocycles. The van der Waals surface area contributed by atoms with Crippen molar-refractivity contribution in [1.29, 1.82) is 0 Å². The molecule has 2 nitrogen and oxygen atoms in total. The Labute approximate surface area is 140 Å². The maximum absolute atomic E-state index is 12.5. The predicted molar refractivity (Wildman–Crippen MR) is 55.8 cm³/mol. The first kappa shape index (κ1) is 15.2. The van der Waals surface area contributed by atoms with Crippen LogP contribution in [0.1, 0.15) is 22.3 Å². The average molecular weight is 267 g/mol. The van der Waals surface area contributed by atoms with Crippen molar-refractivity contribution in [3.05, 3.63) is 29.3 Å². The number of carbonyl (C=O) groups excluding carboxylic acids is 1. The minimum Gasteiger partial charge on any atom is -0.445 e. The first-order chi connectivity index (χ1) is 7.48. The number of amides is 1. The van der Waals surface area contributed by atoms with Crippen LogP contribution in [0.5, 0.6) is 0 Å². The van der Waals surface area contributed by atoms with Gasteiger partial charge in [-0.3, -0.25) is 4.79 Å². The molecule has 0 unspecified atom stereocenters. The normalized spacial score (nSPS) is 15.4. The van der Waals surface area contributed by atoms with Crippen LogP contribution >= 0.6 is 0 Å². The smallest absolute Gasteiger partial charge is 0.445 e. The van der Waals surface area contributed by atoms with Gasteiger partial charge in [-0.25, -0.2) is 0 Å². The van der Waals surface area contributed by atoms with E-state index in [1.54, 1.807) is 0 Å². The first-order valence-corrected chi connectivity index (χ1v) is 5.09. The number of hydrogen-bond acceptors (Lipinski definition) is 1. The maximum atomic E-state index is 12.5. The van der Waals surface area contributed by atoms with Crippen LogP contribution in [0.25, 0.3) is 0 Å². The molecule has 0 saturated heterocycles. The molecule has 0 fully saturated rings. The molecule has 0 saturated carbocycles. The molecule has 0 radical (unpaired) electrons. The largest absolute Gasteiger partial charge is 1.00 e. The summed E-state index contributed by atoms with van der Waals surface area (Å²) in [6.45, 7) is -4.47. The van der Waals surface area contributed by atoms with Crippen molar-refractivity contribution in [3.63, 3.8) is 0 Å². The summed E-state index contributed by atoms with van der Waals surface area (Å²) < 4.78 is 37.6. The quantitative estimate of drug-likeness (QED) is 0.611. The zero-order chi connectivity index (χ0) is 11.8. The SMILES string of the molecule is O=C1NCCCc2cc([B-](F)(F)F)ccc21.[K+]. The molecule has 0 atom stereocenters. The number of hydrogen-bond donors (Lipinski definition) is 1. The standard InChI is InChI=1S/C10H10BF3NO.K/c12-11(13,14)8-3-4-9-7(6-8)2-1-5-15-10(9)16;/h3-4,6H,1-2,5H2,(H,15,16);/q-1;+1. The van der Waals surface area contributed by atoms with Crippen molar-refractivity contribution in [2.75, 3.05) is 6.54 Å². The third kappa shape index (κ3) is 3.57. The monoisotopic (exact) mass is 267 g/mol. The molecule has 1 N–H and O–H groups in total. The molecular formula is C10H10BF3KNO. The molecule has 0 bridgehead atoms. The van der Waals surface area contributed by atoms with Gasteiger partial charge in [0.25, 0.3) is 5.91 Å². The Morgan fingerprint density at radius 1 is 1.24 bits per heavy atom. The molecule has 1 heterocycles. The van der Waals surface area contributed by atoms with E-state index in [0.717, 1.165) is 12.1 Å². The summed E-state index contributed by atoms with van der Waals surface area (Å²) in [7, 11) is 0. The molecule has 7 heteroatoms. The van der Waals surface area contributed by atoms with E-state index in [-0.39, 0.29) is 57.3 Å². The Kier molecular flexibility index (Phi) is 5.27. The number of halogens is 3. The number of fused-ring (bicyclic) bond motifs is 1. The van der Waals surface area contributed by atoms with Crippen LogP contribution in [0.4, 0.5) is 12.9 Å². The molecule has 0 spiro atoms. The topological polar surface area (TPSA) is 29.1 Å². The molecule has 17 heavy (non-hydrogen) atoms. The van der Waals surface area contributed by atoms with Crippen LogP contribution in [0.3, 0.4) is 0 Å². The number of aryl methyl sites for hydroxylation is 1. The van der Waals surface area contributed by atoms with E-state index in [1.807, 2.05) is 0 Å². The summed E-state index contributed by atoms with van der Waals surface area (Å²) >= 11 is 0. The van der Waals surface area contributed by atoms with Gasteiger partial charge in [-0.2, -0.15) is 0 Å². The van der Waals surface area contributed by atoms with Crippen molar-refractivity contribution >= 4 is 18.3 Å². The number of carbonyl (C=O) groups is 1. The van der Waals surface area contributed by atoms with Crippen LogP contribution in [0.2, 0.25) is 0 Å². The van der Waals surface area contributed by atoms with Crippen molar-refractivity contribution in [3.8, 4) is 0 Å². The van der Waals surface area contributed by atoms with E-state index < -0.39 is 12.4 Å². The van der Waals surface area contributed by atoms with Gasteiger partial charge in [0, 0.05) is 12.1 Å². The van der Waals surface area contributed by atoms with E-state index in [4.69, 9.17) is 0 Å². The van der Waals surface area contributed by atoms with Gasteiger partial charge >= 0.3 is 58.4 Å². The summed E-state index contributed by atoms with van der Waals surface area (Å²) in [5.41, 5.74) is 0.224. The number of rotatable bonds is 1. The Hall–Kier alpha value is 0.181. The Morgan fingerprint density at radius 2 is 1.94 bits per heavy atom. The average Bonchev–Trinajstić information content (AvgIpc) is 2.39. The van der Waals surface area contributed by atoms with E-state index in [0.29, 0.717) is 30.5 Å². The van der Waals surface area contributed by atoms with Crippen LogP contribution in [-0.2, 0) is 6.42 Å². The second-order valence-corrected chi connectivity index (χ2v) is 3.85. The van der Waals surface area contributed by atoms with E-state index in [1.165, 1.54) is 6.07 Å². The van der Waals surface area contributed by atoms with Crippen LogP contribution in [-0.4, -0.2) is 19.4 Å². The van der Waals surface area contributed by atoms with Crippen LogP contribution in [0.15, 0.2) is 18.2 Å². The van der Waals surface area contributed by atoms with Crippen molar-refractivity contribution in [2.24, 2.45) is 0 Å². The second-order valence-electron chi connectivity index (χ2n) is 3.85. The fourth-order valence-corrected chi connectivity index (χ4v) is 1.82. The van der Waals surface area contributed by atoms with Gasteiger partial charge in [-0.15, -0.1) is 5.46 Å². The molecule has 86 valence electrons. The molecular weight excluding hydrogens is 257 g/mol. The van der Waals surface area contributed by atoms with Gasteiger partial charge in [-0.05, 0) is 18.4 Å². The van der Waals surface area contributed by atoms with Gasteiger partial charge in [0.1, 0.15) is 0 Å². The van der Waals surface area contributed by atoms with E-state index >= 15 is 0 Å². The zero-order valence-electron chi connectivity index (χ0n) is 9.47. The molecule has 0 aromatic heterocycles. The summed E-state index contributed by atoms with van der Waals surface area (Å²) in [5, 5.41) is 2.64.